The lowest BCUT2D eigenvalue weighted by Gasteiger charge is -2.12. The number of hydrogen-bond donors (Lipinski definition) is 2. The van der Waals surface area contributed by atoms with Gasteiger partial charge >= 0.3 is 5.97 Å². The number of aromatic nitrogens is 1. The molecular formula is C20H21N3O3S2. The maximum absolute atomic E-state index is 12.6. The summed E-state index contributed by atoms with van der Waals surface area (Å²) in [5.74, 6) is -0.527. The summed E-state index contributed by atoms with van der Waals surface area (Å²) >= 11 is 6.67. The molecule has 1 saturated heterocycles. The van der Waals surface area contributed by atoms with Gasteiger partial charge in [-0.3, -0.25) is 10.1 Å². The summed E-state index contributed by atoms with van der Waals surface area (Å²) in [5, 5.41) is 6.66. The molecule has 1 aliphatic carbocycles. The number of esters is 1. The first-order valence-electron chi connectivity index (χ1n) is 9.17. The predicted molar refractivity (Wildman–Crippen MR) is 113 cm³/mol. The molecule has 0 atom stereocenters. The van der Waals surface area contributed by atoms with Crippen LogP contribution in [0.3, 0.4) is 0 Å². The highest BCUT2D eigenvalue weighted by Gasteiger charge is 2.28. The normalized spacial score (nSPS) is 17.5. The van der Waals surface area contributed by atoms with Crippen LogP contribution < -0.4 is 10.6 Å². The maximum atomic E-state index is 12.6. The van der Waals surface area contributed by atoms with Crippen LogP contribution in [0.1, 0.15) is 50.6 Å². The lowest BCUT2D eigenvalue weighted by atomic mass is 9.95. The molecule has 6 nitrogen and oxygen atoms in total. The highest BCUT2D eigenvalue weighted by atomic mass is 32.1. The van der Waals surface area contributed by atoms with Crippen LogP contribution in [0.25, 0.3) is 11.1 Å². The number of nitrogens with one attached hydrogen (secondary N) is 2. The number of carbonyl (C=O) groups excluding carboxylic acids is 2. The molecule has 28 heavy (non-hydrogen) atoms. The smallest absolute Gasteiger partial charge is 0.341 e. The highest BCUT2D eigenvalue weighted by molar-refractivity contribution is 7.80. The molecule has 146 valence electrons. The Kier molecular flexibility index (Phi) is 4.84. The number of rotatable bonds is 3. The van der Waals surface area contributed by atoms with Gasteiger partial charge in [0.2, 0.25) is 0 Å². The van der Waals surface area contributed by atoms with Gasteiger partial charge in [0.25, 0.3) is 5.91 Å². The van der Waals surface area contributed by atoms with Gasteiger partial charge < -0.3 is 14.6 Å². The van der Waals surface area contributed by atoms with Crippen LogP contribution in [-0.2, 0) is 22.4 Å². The van der Waals surface area contributed by atoms with Crippen molar-refractivity contribution in [3.63, 3.8) is 0 Å². The van der Waals surface area contributed by atoms with E-state index in [1.807, 2.05) is 19.9 Å². The van der Waals surface area contributed by atoms with Gasteiger partial charge in [-0.05, 0) is 75.0 Å². The summed E-state index contributed by atoms with van der Waals surface area (Å²) in [6.45, 7) is 3.99. The first-order chi connectivity index (χ1) is 13.4. The van der Waals surface area contributed by atoms with Gasteiger partial charge in [-0.25, -0.2) is 4.79 Å². The van der Waals surface area contributed by atoms with Gasteiger partial charge in [0.1, 0.15) is 10.7 Å². The molecule has 0 spiro atoms. The second-order valence-electron chi connectivity index (χ2n) is 7.01. The Hall–Kier alpha value is -2.45. The third-order valence-electron chi connectivity index (χ3n) is 5.24. The Bertz CT molecular complexity index is 1050. The fourth-order valence-electron chi connectivity index (χ4n) is 3.91. The summed E-state index contributed by atoms with van der Waals surface area (Å²) in [4.78, 5) is 25.9. The lowest BCUT2D eigenvalue weighted by Crippen LogP contribution is -2.21. The number of hydrogen-bond acceptors (Lipinski definition) is 5. The molecular weight excluding hydrogens is 394 g/mol. The summed E-state index contributed by atoms with van der Waals surface area (Å²) < 4.78 is 7.20. The Labute approximate surface area is 172 Å². The molecule has 1 fully saturated rings. The van der Waals surface area contributed by atoms with Crippen molar-refractivity contribution in [2.45, 2.75) is 39.5 Å². The molecule has 0 unspecified atom stereocenters. The third kappa shape index (κ3) is 3.06. The number of thiophene rings is 1. The lowest BCUT2D eigenvalue weighted by molar-refractivity contribution is -0.115. The van der Waals surface area contributed by atoms with E-state index in [0.717, 1.165) is 53.2 Å². The van der Waals surface area contributed by atoms with E-state index in [1.54, 1.807) is 17.4 Å². The summed E-state index contributed by atoms with van der Waals surface area (Å²) in [6.07, 6.45) is 5.94. The minimum absolute atomic E-state index is 0.239. The summed E-state index contributed by atoms with van der Waals surface area (Å²) in [6, 6.07) is 2.01. The minimum Gasteiger partial charge on any atom is -0.465 e. The average molecular weight is 416 g/mol. The van der Waals surface area contributed by atoms with Crippen LogP contribution in [0.4, 0.5) is 0 Å². The van der Waals surface area contributed by atoms with E-state index >= 15 is 0 Å². The zero-order valence-corrected chi connectivity index (χ0v) is 17.6. The van der Waals surface area contributed by atoms with E-state index in [4.69, 9.17) is 17.0 Å². The molecule has 2 aliphatic rings. The first-order valence-corrected chi connectivity index (χ1v) is 10.4. The Morgan fingerprint density at radius 1 is 1.29 bits per heavy atom. The number of aryl methyl sites for hydroxylation is 2. The molecule has 4 rings (SSSR count). The fraction of sp³-hybridized carbons (Fsp3) is 0.350. The number of thiocarbonyl (C=S) groups is 1. The molecule has 0 saturated carbocycles. The van der Waals surface area contributed by atoms with Crippen LogP contribution >= 0.6 is 23.6 Å². The molecule has 2 N–H and O–H groups in total. The molecule has 8 heteroatoms. The number of nitrogens with zero attached hydrogens (tertiary/aromatic N) is 1. The van der Waals surface area contributed by atoms with Gasteiger partial charge in [-0.15, -0.1) is 11.3 Å². The van der Waals surface area contributed by atoms with Crippen LogP contribution in [0.2, 0.25) is 0 Å². The largest absolute Gasteiger partial charge is 0.465 e. The van der Waals surface area contributed by atoms with Crippen LogP contribution in [0.15, 0.2) is 11.8 Å². The summed E-state index contributed by atoms with van der Waals surface area (Å²) in [5.41, 5.74) is 5.09. The first kappa shape index (κ1) is 18.9. The Morgan fingerprint density at radius 3 is 2.71 bits per heavy atom. The molecule has 0 aromatic carbocycles. The van der Waals surface area contributed by atoms with Crippen molar-refractivity contribution >= 4 is 46.6 Å². The maximum Gasteiger partial charge on any atom is 0.341 e. The molecule has 3 heterocycles. The second kappa shape index (κ2) is 7.18. The quantitative estimate of drug-likeness (QED) is 0.458. The van der Waals surface area contributed by atoms with Gasteiger partial charge in [-0.2, -0.15) is 0 Å². The van der Waals surface area contributed by atoms with Crippen LogP contribution in [-0.4, -0.2) is 28.7 Å². The highest BCUT2D eigenvalue weighted by Crippen LogP contribution is 2.39. The fourth-order valence-corrected chi connectivity index (χ4v) is 5.60. The SMILES string of the molecule is COC(=O)c1c(-n2c(C)cc(/C=C3/NC(=S)NC3=O)c2C)sc2c1CCCC2. The number of carbonyl (C=O) groups is 2. The molecule has 0 radical (unpaired) electrons. The van der Waals surface area contributed by atoms with E-state index < -0.39 is 0 Å². The van der Waals surface area contributed by atoms with Crippen molar-refractivity contribution in [3.8, 4) is 5.00 Å². The van der Waals surface area contributed by atoms with Crippen molar-refractivity contribution in [1.29, 1.82) is 0 Å². The van der Waals surface area contributed by atoms with Crippen LogP contribution in [0.5, 0.6) is 0 Å². The zero-order chi connectivity index (χ0) is 20.0. The molecule has 0 bridgehead atoms. The molecule has 2 aromatic heterocycles. The Morgan fingerprint density at radius 2 is 2.04 bits per heavy atom. The zero-order valence-electron chi connectivity index (χ0n) is 16.0. The van der Waals surface area contributed by atoms with Crippen molar-refractivity contribution in [3.05, 3.63) is 44.7 Å². The van der Waals surface area contributed by atoms with Crippen molar-refractivity contribution in [2.24, 2.45) is 0 Å². The monoisotopic (exact) mass is 415 g/mol. The number of amides is 1. The number of ether oxygens (including phenoxy) is 1. The minimum atomic E-state index is -0.288. The number of methoxy groups -OCH3 is 1. The number of fused-ring (bicyclic) bond motifs is 1. The van der Waals surface area contributed by atoms with E-state index in [0.29, 0.717) is 16.4 Å². The molecule has 1 amide bonds. The predicted octanol–water partition coefficient (Wildman–Crippen LogP) is 3.17. The van der Waals surface area contributed by atoms with Gasteiger partial charge in [-0.1, -0.05) is 0 Å². The topological polar surface area (TPSA) is 72.4 Å². The average Bonchev–Trinajstić information content (AvgIpc) is 3.28. The Balaban J connectivity index is 1.85. The second-order valence-corrected chi connectivity index (χ2v) is 8.50. The van der Waals surface area contributed by atoms with Gasteiger partial charge in [0.05, 0.1) is 12.7 Å². The van der Waals surface area contributed by atoms with E-state index in [1.165, 1.54) is 12.0 Å². The third-order valence-corrected chi connectivity index (χ3v) is 6.72. The van der Waals surface area contributed by atoms with E-state index in [9.17, 15) is 9.59 Å². The van der Waals surface area contributed by atoms with Crippen molar-refractivity contribution < 1.29 is 14.3 Å². The van der Waals surface area contributed by atoms with E-state index in [2.05, 4.69) is 15.2 Å². The summed E-state index contributed by atoms with van der Waals surface area (Å²) in [7, 11) is 1.43. The van der Waals surface area contributed by atoms with E-state index in [-0.39, 0.29) is 11.9 Å². The molecule has 2 aromatic rings. The van der Waals surface area contributed by atoms with Crippen molar-refractivity contribution in [1.82, 2.24) is 15.2 Å². The van der Waals surface area contributed by atoms with Crippen LogP contribution in [0, 0.1) is 13.8 Å². The molecule has 1 aliphatic heterocycles. The van der Waals surface area contributed by atoms with Crippen molar-refractivity contribution in [2.75, 3.05) is 7.11 Å². The standard InChI is InChI=1S/C20H21N3O3S2/c1-10-8-12(9-14-17(24)22-20(27)21-14)11(2)23(10)18-16(19(25)26-3)13-6-4-5-7-15(13)28-18/h8-9H,4-7H2,1-3H3,(H2,21,22,24,27)/b14-9+. The van der Waals surface area contributed by atoms with Gasteiger partial charge in [0.15, 0.2) is 5.11 Å². The van der Waals surface area contributed by atoms with Gasteiger partial charge in [0, 0.05) is 16.3 Å².